The van der Waals surface area contributed by atoms with Crippen LogP contribution in [0.25, 0.3) is 0 Å². The molecule has 0 heterocycles. The van der Waals surface area contributed by atoms with Gasteiger partial charge < -0.3 is 19.9 Å². The number of carbonyl (C=O) groups excluding carboxylic acids is 1. The summed E-state index contributed by atoms with van der Waals surface area (Å²) in [7, 11) is 1.58. The number of rotatable bonds is 10. The Hall–Kier alpha value is -0.650. The van der Waals surface area contributed by atoms with Crippen molar-refractivity contribution in [3.8, 4) is 0 Å². The maximum Gasteiger partial charge on any atom is 0.246 e. The molecule has 1 atom stereocenters. The third-order valence-electron chi connectivity index (χ3n) is 2.77. The third kappa shape index (κ3) is 8.12. The molecule has 0 aromatic carbocycles. The number of aliphatic hydroxyl groups excluding tert-OH is 1. The summed E-state index contributed by atoms with van der Waals surface area (Å²) >= 11 is 0. The fraction of sp³-hybridized carbons (Fsp3) is 0.917. The van der Waals surface area contributed by atoms with Crippen molar-refractivity contribution in [3.05, 3.63) is 0 Å². The van der Waals surface area contributed by atoms with Gasteiger partial charge in [0.15, 0.2) is 0 Å². The zero-order valence-corrected chi connectivity index (χ0v) is 11.1. The zero-order chi connectivity index (χ0) is 13.1. The van der Waals surface area contributed by atoms with Gasteiger partial charge >= 0.3 is 0 Å². The maximum atomic E-state index is 11.3. The number of nitrogens with one attached hydrogen (secondary N) is 1. The van der Waals surface area contributed by atoms with Crippen molar-refractivity contribution in [2.75, 3.05) is 33.5 Å². The Labute approximate surface area is 103 Å². The standard InChI is InChI=1S/C12H25NO4/c1-4-10(5-2)11(14)8-13-12(15)9-17-7-6-16-3/h10-11,14H,4-9H2,1-3H3,(H,13,15). The van der Waals surface area contributed by atoms with E-state index in [-0.39, 0.29) is 18.4 Å². The van der Waals surface area contributed by atoms with Gasteiger partial charge in [0.25, 0.3) is 0 Å². The van der Waals surface area contributed by atoms with Gasteiger partial charge in [0.05, 0.1) is 19.3 Å². The molecule has 5 nitrogen and oxygen atoms in total. The van der Waals surface area contributed by atoms with E-state index in [0.717, 1.165) is 12.8 Å². The minimum Gasteiger partial charge on any atom is -0.391 e. The SMILES string of the molecule is CCC(CC)C(O)CNC(=O)COCCOC. The minimum atomic E-state index is -0.479. The molecule has 0 fully saturated rings. The number of hydrogen-bond acceptors (Lipinski definition) is 4. The summed E-state index contributed by atoms with van der Waals surface area (Å²) in [6.07, 6.45) is 1.35. The summed E-state index contributed by atoms with van der Waals surface area (Å²) in [5.74, 6) is 0.0378. The number of ether oxygens (including phenoxy) is 2. The van der Waals surface area contributed by atoms with Crippen molar-refractivity contribution >= 4 is 5.91 Å². The monoisotopic (exact) mass is 247 g/mol. The second kappa shape index (κ2) is 10.5. The molecule has 0 aliphatic carbocycles. The molecular formula is C12H25NO4. The lowest BCUT2D eigenvalue weighted by atomic mass is 9.97. The van der Waals surface area contributed by atoms with Crippen molar-refractivity contribution in [3.63, 3.8) is 0 Å². The van der Waals surface area contributed by atoms with E-state index < -0.39 is 6.10 Å². The molecule has 0 aromatic rings. The van der Waals surface area contributed by atoms with Gasteiger partial charge in [-0.15, -0.1) is 0 Å². The molecule has 0 rings (SSSR count). The predicted octanol–water partition coefficient (Wildman–Crippen LogP) is 0.563. The van der Waals surface area contributed by atoms with Crippen LogP contribution in [0, 0.1) is 5.92 Å². The summed E-state index contributed by atoms with van der Waals surface area (Å²) in [6, 6.07) is 0. The molecule has 0 radical (unpaired) electrons. The maximum absolute atomic E-state index is 11.3. The Bertz CT molecular complexity index is 195. The minimum absolute atomic E-state index is 0.0129. The first-order chi connectivity index (χ1) is 8.15. The lowest BCUT2D eigenvalue weighted by molar-refractivity contribution is -0.126. The Morgan fingerprint density at radius 1 is 1.29 bits per heavy atom. The molecule has 1 amide bonds. The zero-order valence-electron chi connectivity index (χ0n) is 11.1. The number of amides is 1. The van der Waals surface area contributed by atoms with E-state index in [2.05, 4.69) is 5.32 Å². The average molecular weight is 247 g/mol. The van der Waals surface area contributed by atoms with Gasteiger partial charge in [0.1, 0.15) is 6.61 Å². The molecule has 1 unspecified atom stereocenters. The van der Waals surface area contributed by atoms with Crippen LogP contribution in [0.3, 0.4) is 0 Å². The van der Waals surface area contributed by atoms with Crippen LogP contribution in [-0.4, -0.2) is 50.6 Å². The Balaban J connectivity index is 3.61. The van der Waals surface area contributed by atoms with Crippen molar-refractivity contribution in [2.45, 2.75) is 32.8 Å². The quantitative estimate of drug-likeness (QED) is 0.554. The second-order valence-corrected chi connectivity index (χ2v) is 3.99. The highest BCUT2D eigenvalue weighted by Gasteiger charge is 2.15. The highest BCUT2D eigenvalue weighted by atomic mass is 16.5. The molecule has 0 bridgehead atoms. The first-order valence-corrected chi connectivity index (χ1v) is 6.17. The van der Waals surface area contributed by atoms with Gasteiger partial charge in [-0.2, -0.15) is 0 Å². The second-order valence-electron chi connectivity index (χ2n) is 3.99. The Kier molecular flexibility index (Phi) is 10.1. The fourth-order valence-electron chi connectivity index (χ4n) is 1.58. The largest absolute Gasteiger partial charge is 0.391 e. The van der Waals surface area contributed by atoms with Crippen LogP contribution in [0.4, 0.5) is 0 Å². The van der Waals surface area contributed by atoms with E-state index in [1.54, 1.807) is 7.11 Å². The van der Waals surface area contributed by atoms with Gasteiger partial charge in [-0.05, 0) is 5.92 Å². The molecule has 5 heteroatoms. The van der Waals surface area contributed by atoms with Gasteiger partial charge in [0, 0.05) is 13.7 Å². The third-order valence-corrected chi connectivity index (χ3v) is 2.77. The highest BCUT2D eigenvalue weighted by molar-refractivity contribution is 5.77. The molecule has 0 aromatic heterocycles. The van der Waals surface area contributed by atoms with Crippen molar-refractivity contribution < 1.29 is 19.4 Å². The first kappa shape index (κ1) is 16.4. The molecule has 0 saturated carbocycles. The van der Waals surface area contributed by atoms with E-state index in [9.17, 15) is 9.90 Å². The van der Waals surface area contributed by atoms with Crippen LogP contribution in [0.2, 0.25) is 0 Å². The van der Waals surface area contributed by atoms with E-state index in [0.29, 0.717) is 19.8 Å². The smallest absolute Gasteiger partial charge is 0.246 e. The average Bonchev–Trinajstić information content (AvgIpc) is 2.33. The van der Waals surface area contributed by atoms with E-state index >= 15 is 0 Å². The number of hydrogen-bond donors (Lipinski definition) is 2. The summed E-state index contributed by atoms with van der Waals surface area (Å²) in [5, 5.41) is 12.4. The summed E-state index contributed by atoms with van der Waals surface area (Å²) in [4.78, 5) is 11.3. The molecule has 102 valence electrons. The predicted molar refractivity (Wildman–Crippen MR) is 65.8 cm³/mol. The summed E-state index contributed by atoms with van der Waals surface area (Å²) in [6.45, 7) is 5.25. The van der Waals surface area contributed by atoms with Crippen LogP contribution in [-0.2, 0) is 14.3 Å². The van der Waals surface area contributed by atoms with Crippen LogP contribution in [0.5, 0.6) is 0 Å². The Morgan fingerprint density at radius 3 is 2.47 bits per heavy atom. The summed E-state index contributed by atoms with van der Waals surface area (Å²) < 4.78 is 9.85. The van der Waals surface area contributed by atoms with Crippen LogP contribution < -0.4 is 5.32 Å². The number of carbonyl (C=O) groups is 1. The molecule has 0 saturated heterocycles. The van der Waals surface area contributed by atoms with Gasteiger partial charge in [0.2, 0.25) is 5.91 Å². The van der Waals surface area contributed by atoms with Gasteiger partial charge in [-0.1, -0.05) is 26.7 Å². The summed E-state index contributed by atoms with van der Waals surface area (Å²) in [5.41, 5.74) is 0. The van der Waals surface area contributed by atoms with Crippen molar-refractivity contribution in [1.29, 1.82) is 0 Å². The van der Waals surface area contributed by atoms with E-state index in [1.165, 1.54) is 0 Å². The highest BCUT2D eigenvalue weighted by Crippen LogP contribution is 2.11. The van der Waals surface area contributed by atoms with Crippen LogP contribution >= 0.6 is 0 Å². The van der Waals surface area contributed by atoms with Crippen molar-refractivity contribution in [1.82, 2.24) is 5.32 Å². The molecular weight excluding hydrogens is 222 g/mol. The number of methoxy groups -OCH3 is 1. The lowest BCUT2D eigenvalue weighted by Gasteiger charge is -2.20. The van der Waals surface area contributed by atoms with E-state index in [1.807, 2.05) is 13.8 Å². The van der Waals surface area contributed by atoms with E-state index in [4.69, 9.17) is 9.47 Å². The number of aliphatic hydroxyl groups is 1. The molecule has 0 aliphatic rings. The van der Waals surface area contributed by atoms with Crippen LogP contribution in [0.15, 0.2) is 0 Å². The lowest BCUT2D eigenvalue weighted by Crippen LogP contribution is -2.37. The topological polar surface area (TPSA) is 67.8 Å². The molecule has 17 heavy (non-hydrogen) atoms. The van der Waals surface area contributed by atoms with Gasteiger partial charge in [-0.25, -0.2) is 0 Å². The van der Waals surface area contributed by atoms with Crippen LogP contribution in [0.1, 0.15) is 26.7 Å². The first-order valence-electron chi connectivity index (χ1n) is 6.17. The fourth-order valence-corrected chi connectivity index (χ4v) is 1.58. The molecule has 2 N–H and O–H groups in total. The van der Waals surface area contributed by atoms with Crippen molar-refractivity contribution in [2.24, 2.45) is 5.92 Å². The normalized spacial score (nSPS) is 12.8. The molecule has 0 spiro atoms. The van der Waals surface area contributed by atoms with Gasteiger partial charge in [-0.3, -0.25) is 4.79 Å². The Morgan fingerprint density at radius 2 is 1.94 bits per heavy atom. The molecule has 0 aliphatic heterocycles.